The summed E-state index contributed by atoms with van der Waals surface area (Å²) in [5.41, 5.74) is 2.65. The van der Waals surface area contributed by atoms with E-state index in [0.29, 0.717) is 18.8 Å². The summed E-state index contributed by atoms with van der Waals surface area (Å²) in [6.07, 6.45) is 2.04. The van der Waals surface area contributed by atoms with E-state index >= 15 is 0 Å². The Labute approximate surface area is 169 Å². The minimum absolute atomic E-state index is 0.0203. The molecule has 2 heterocycles. The molecule has 7 nitrogen and oxygen atoms in total. The van der Waals surface area contributed by atoms with Crippen molar-refractivity contribution in [2.24, 2.45) is 5.92 Å². The van der Waals surface area contributed by atoms with Crippen LogP contribution in [-0.4, -0.2) is 41.1 Å². The van der Waals surface area contributed by atoms with Crippen molar-refractivity contribution in [2.45, 2.75) is 25.9 Å². The molecule has 2 aromatic carbocycles. The molecule has 2 atom stereocenters. The third kappa shape index (κ3) is 3.81. The van der Waals surface area contributed by atoms with Crippen LogP contribution in [-0.2, 0) is 16.1 Å². The maximum atomic E-state index is 12.7. The smallest absolute Gasteiger partial charge is 0.229 e. The molecule has 0 saturated carbocycles. The Morgan fingerprint density at radius 1 is 1.24 bits per heavy atom. The van der Waals surface area contributed by atoms with Crippen LogP contribution in [0.15, 0.2) is 54.9 Å². The molecular weight excluding hydrogens is 368 g/mol. The van der Waals surface area contributed by atoms with E-state index in [9.17, 15) is 9.59 Å². The van der Waals surface area contributed by atoms with Crippen LogP contribution in [0.2, 0.25) is 0 Å². The highest BCUT2D eigenvalue weighted by Crippen LogP contribution is 2.31. The van der Waals surface area contributed by atoms with Crippen LogP contribution in [0.1, 0.15) is 13.3 Å². The second-order valence-corrected chi connectivity index (χ2v) is 7.37. The average molecular weight is 392 g/mol. The number of fused-ring (bicyclic) bond motifs is 1. The summed E-state index contributed by atoms with van der Waals surface area (Å²) in [6.45, 7) is 2.85. The fourth-order valence-corrected chi connectivity index (χ4v) is 3.77. The Morgan fingerprint density at radius 2 is 2.00 bits per heavy atom. The molecule has 150 valence electrons. The van der Waals surface area contributed by atoms with E-state index < -0.39 is 0 Å². The lowest BCUT2D eigenvalue weighted by Gasteiger charge is -2.20. The van der Waals surface area contributed by atoms with E-state index in [1.807, 2.05) is 60.0 Å². The van der Waals surface area contributed by atoms with Gasteiger partial charge in [-0.15, -0.1) is 0 Å². The lowest BCUT2D eigenvalue weighted by atomic mass is 10.1. The van der Waals surface area contributed by atoms with Gasteiger partial charge in [0.2, 0.25) is 11.8 Å². The Kier molecular flexibility index (Phi) is 5.20. The predicted molar refractivity (Wildman–Crippen MR) is 111 cm³/mol. The summed E-state index contributed by atoms with van der Waals surface area (Å²) in [5, 5.41) is 3.03. The molecule has 29 heavy (non-hydrogen) atoms. The number of ether oxygens (including phenoxy) is 1. The second-order valence-electron chi connectivity index (χ2n) is 7.37. The number of methoxy groups -OCH3 is 1. The summed E-state index contributed by atoms with van der Waals surface area (Å²) in [5.74, 6) is 0.312. The molecule has 1 N–H and O–H groups in total. The number of hydrogen-bond acceptors (Lipinski definition) is 4. The number of hydrogen-bond donors (Lipinski definition) is 1. The average Bonchev–Trinajstić information content (AvgIpc) is 3.31. The van der Waals surface area contributed by atoms with Gasteiger partial charge < -0.3 is 19.5 Å². The summed E-state index contributed by atoms with van der Waals surface area (Å²) >= 11 is 0. The third-order valence-corrected chi connectivity index (χ3v) is 5.29. The van der Waals surface area contributed by atoms with Gasteiger partial charge in [-0.2, -0.15) is 0 Å². The van der Waals surface area contributed by atoms with Crippen molar-refractivity contribution in [3.8, 4) is 5.75 Å². The number of anilines is 1. The summed E-state index contributed by atoms with van der Waals surface area (Å²) in [4.78, 5) is 31.3. The van der Waals surface area contributed by atoms with Crippen LogP contribution in [0.25, 0.3) is 11.0 Å². The molecular formula is C22H24N4O3. The molecule has 2 amide bonds. The van der Waals surface area contributed by atoms with Crippen LogP contribution < -0.4 is 15.0 Å². The number of para-hydroxylation sites is 4. The van der Waals surface area contributed by atoms with Gasteiger partial charge in [-0.3, -0.25) is 9.59 Å². The van der Waals surface area contributed by atoms with Gasteiger partial charge in [0, 0.05) is 19.5 Å². The molecule has 0 bridgehead atoms. The minimum atomic E-state index is -0.247. The van der Waals surface area contributed by atoms with Gasteiger partial charge in [-0.1, -0.05) is 31.2 Å². The normalized spacial score (nSPS) is 17.5. The zero-order valence-electron chi connectivity index (χ0n) is 16.5. The standard InChI is InChI=1S/C22H24N4O3/c1-15(12-25-14-23-17-7-3-4-8-18(17)25)22(28)24-16-11-21(27)26(13-16)19-9-5-6-10-20(19)29-2/h3-10,14-16H,11-13H2,1-2H3,(H,24,28). The third-order valence-electron chi connectivity index (χ3n) is 5.29. The van der Waals surface area contributed by atoms with Crippen molar-refractivity contribution in [3.05, 3.63) is 54.9 Å². The molecule has 3 aromatic rings. The number of aromatic nitrogens is 2. The fourth-order valence-electron chi connectivity index (χ4n) is 3.77. The molecule has 0 aliphatic carbocycles. The molecule has 2 unspecified atom stereocenters. The first-order chi connectivity index (χ1) is 14.1. The number of nitrogens with zero attached hydrogens (tertiary/aromatic N) is 3. The lowest BCUT2D eigenvalue weighted by Crippen LogP contribution is -2.40. The SMILES string of the molecule is COc1ccccc1N1CC(NC(=O)C(C)Cn2cnc3ccccc32)CC1=O. The lowest BCUT2D eigenvalue weighted by molar-refractivity contribution is -0.125. The maximum Gasteiger partial charge on any atom is 0.229 e. The maximum absolute atomic E-state index is 12.7. The molecule has 1 aliphatic rings. The Hall–Kier alpha value is -3.35. The summed E-state index contributed by atoms with van der Waals surface area (Å²) in [7, 11) is 1.58. The number of rotatable bonds is 6. The molecule has 0 spiro atoms. The molecule has 1 aliphatic heterocycles. The largest absolute Gasteiger partial charge is 0.495 e. The van der Waals surface area contributed by atoms with Crippen molar-refractivity contribution < 1.29 is 14.3 Å². The Morgan fingerprint density at radius 3 is 2.83 bits per heavy atom. The number of amides is 2. The van der Waals surface area contributed by atoms with Crippen LogP contribution in [0.3, 0.4) is 0 Å². The van der Waals surface area contributed by atoms with Crippen molar-refractivity contribution in [3.63, 3.8) is 0 Å². The number of carbonyl (C=O) groups excluding carboxylic acids is 2. The highest BCUT2D eigenvalue weighted by molar-refractivity contribution is 5.98. The first-order valence-corrected chi connectivity index (χ1v) is 9.70. The van der Waals surface area contributed by atoms with Gasteiger partial charge >= 0.3 is 0 Å². The molecule has 0 radical (unpaired) electrons. The summed E-state index contributed by atoms with van der Waals surface area (Å²) < 4.78 is 7.35. The van der Waals surface area contributed by atoms with E-state index in [1.54, 1.807) is 18.3 Å². The van der Waals surface area contributed by atoms with Crippen LogP contribution in [0.5, 0.6) is 5.75 Å². The minimum Gasteiger partial charge on any atom is -0.495 e. The van der Waals surface area contributed by atoms with Crippen molar-refractivity contribution in [1.82, 2.24) is 14.9 Å². The van der Waals surface area contributed by atoms with E-state index in [2.05, 4.69) is 10.3 Å². The van der Waals surface area contributed by atoms with Gasteiger partial charge in [-0.05, 0) is 24.3 Å². The Balaban J connectivity index is 1.40. The van der Waals surface area contributed by atoms with E-state index in [0.717, 1.165) is 16.7 Å². The Bertz CT molecular complexity index is 1050. The predicted octanol–water partition coefficient (Wildman–Crippen LogP) is 2.60. The first kappa shape index (κ1) is 19.0. The molecule has 4 rings (SSSR count). The number of benzene rings is 2. The molecule has 1 aromatic heterocycles. The van der Waals surface area contributed by atoms with Crippen molar-refractivity contribution in [2.75, 3.05) is 18.6 Å². The fraction of sp³-hybridized carbons (Fsp3) is 0.318. The van der Waals surface area contributed by atoms with Gasteiger partial charge in [0.15, 0.2) is 0 Å². The van der Waals surface area contributed by atoms with Gasteiger partial charge in [-0.25, -0.2) is 4.98 Å². The quantitative estimate of drug-likeness (QED) is 0.700. The van der Waals surface area contributed by atoms with Crippen molar-refractivity contribution >= 4 is 28.5 Å². The van der Waals surface area contributed by atoms with E-state index in [4.69, 9.17) is 4.74 Å². The second kappa shape index (κ2) is 7.95. The van der Waals surface area contributed by atoms with Crippen LogP contribution in [0, 0.1) is 5.92 Å². The molecule has 1 saturated heterocycles. The zero-order chi connectivity index (χ0) is 20.4. The highest BCUT2D eigenvalue weighted by atomic mass is 16.5. The van der Waals surface area contributed by atoms with Crippen LogP contribution in [0.4, 0.5) is 5.69 Å². The van der Waals surface area contributed by atoms with Gasteiger partial charge in [0.05, 0.1) is 42.1 Å². The van der Waals surface area contributed by atoms with Gasteiger partial charge in [0.1, 0.15) is 5.75 Å². The number of carbonyl (C=O) groups is 2. The zero-order valence-corrected chi connectivity index (χ0v) is 16.5. The van der Waals surface area contributed by atoms with Gasteiger partial charge in [0.25, 0.3) is 0 Å². The summed E-state index contributed by atoms with van der Waals surface area (Å²) in [6, 6.07) is 15.0. The van der Waals surface area contributed by atoms with E-state index in [1.165, 1.54) is 0 Å². The topological polar surface area (TPSA) is 76.5 Å². The van der Waals surface area contributed by atoms with E-state index in [-0.39, 0.29) is 30.2 Å². The van der Waals surface area contributed by atoms with Crippen LogP contribution >= 0.6 is 0 Å². The molecule has 7 heteroatoms. The number of imidazole rings is 1. The molecule has 1 fully saturated rings. The number of nitrogens with one attached hydrogen (secondary N) is 1. The first-order valence-electron chi connectivity index (χ1n) is 9.70. The highest BCUT2D eigenvalue weighted by Gasteiger charge is 2.33. The van der Waals surface area contributed by atoms with Crippen molar-refractivity contribution in [1.29, 1.82) is 0 Å². The monoisotopic (exact) mass is 392 g/mol.